The Morgan fingerprint density at radius 2 is 2.00 bits per heavy atom. The van der Waals surface area contributed by atoms with Gasteiger partial charge in [-0.1, -0.05) is 24.3 Å². The van der Waals surface area contributed by atoms with Crippen molar-refractivity contribution in [3.05, 3.63) is 70.3 Å². The van der Waals surface area contributed by atoms with Gasteiger partial charge in [0.15, 0.2) is 0 Å². The van der Waals surface area contributed by atoms with E-state index in [9.17, 15) is 4.79 Å². The van der Waals surface area contributed by atoms with E-state index in [2.05, 4.69) is 45.3 Å². The monoisotopic (exact) mass is 293 g/mol. The largest absolute Gasteiger partial charge is 0.361 e. The van der Waals surface area contributed by atoms with Crippen molar-refractivity contribution < 1.29 is 0 Å². The van der Waals surface area contributed by atoms with Crippen LogP contribution in [0.1, 0.15) is 23.5 Å². The lowest BCUT2D eigenvalue weighted by molar-refractivity contribution is 0.326. The molecule has 0 radical (unpaired) electrons. The number of benzene rings is 1. The molecule has 2 N–H and O–H groups in total. The minimum Gasteiger partial charge on any atom is -0.361 e. The predicted molar refractivity (Wildman–Crippen MR) is 88.0 cm³/mol. The van der Waals surface area contributed by atoms with Crippen molar-refractivity contribution in [1.29, 1.82) is 0 Å². The van der Waals surface area contributed by atoms with E-state index in [1.165, 1.54) is 28.5 Å². The van der Waals surface area contributed by atoms with E-state index in [-0.39, 0.29) is 5.56 Å². The molecule has 2 aromatic heterocycles. The molecular weight excluding hydrogens is 274 g/mol. The molecule has 0 aliphatic carbocycles. The first kappa shape index (κ1) is 13.3. The zero-order valence-electron chi connectivity index (χ0n) is 12.4. The van der Waals surface area contributed by atoms with E-state index >= 15 is 0 Å². The van der Waals surface area contributed by atoms with Crippen LogP contribution in [0.25, 0.3) is 10.9 Å². The summed E-state index contributed by atoms with van der Waals surface area (Å²) in [5.74, 6) is 0.582. The van der Waals surface area contributed by atoms with Crippen molar-refractivity contribution in [2.75, 3.05) is 13.1 Å². The van der Waals surface area contributed by atoms with Crippen LogP contribution in [-0.4, -0.2) is 28.0 Å². The first-order chi connectivity index (χ1) is 10.8. The van der Waals surface area contributed by atoms with Crippen LogP contribution in [0, 0.1) is 0 Å². The Kier molecular flexibility index (Phi) is 3.31. The summed E-state index contributed by atoms with van der Waals surface area (Å²) in [4.78, 5) is 19.7. The smallest absolute Gasteiger partial charge is 0.247 e. The van der Waals surface area contributed by atoms with Gasteiger partial charge in [-0.05, 0) is 36.1 Å². The maximum Gasteiger partial charge on any atom is 0.247 e. The number of hydrogen-bond donors (Lipinski definition) is 2. The molecule has 1 aliphatic heterocycles. The Morgan fingerprint density at radius 1 is 1.09 bits per heavy atom. The molecule has 4 rings (SSSR count). The number of nitrogens with zero attached hydrogens (tertiary/aromatic N) is 1. The minimum atomic E-state index is -0.0400. The van der Waals surface area contributed by atoms with Gasteiger partial charge in [0.2, 0.25) is 5.56 Å². The van der Waals surface area contributed by atoms with E-state index in [1.807, 2.05) is 12.3 Å². The highest BCUT2D eigenvalue weighted by molar-refractivity contribution is 5.83. The van der Waals surface area contributed by atoms with Crippen LogP contribution in [-0.2, 0) is 6.54 Å². The first-order valence-corrected chi connectivity index (χ1v) is 7.75. The summed E-state index contributed by atoms with van der Waals surface area (Å²) in [5.41, 5.74) is 3.78. The first-order valence-electron chi connectivity index (χ1n) is 7.75. The number of para-hydroxylation sites is 1. The summed E-state index contributed by atoms with van der Waals surface area (Å²) in [7, 11) is 0. The lowest BCUT2D eigenvalue weighted by Gasteiger charge is -2.15. The summed E-state index contributed by atoms with van der Waals surface area (Å²) in [5, 5.41) is 1.35. The second-order valence-electron chi connectivity index (χ2n) is 6.07. The molecule has 0 amide bonds. The molecule has 1 fully saturated rings. The normalized spacial score (nSPS) is 19.0. The van der Waals surface area contributed by atoms with Gasteiger partial charge in [-0.25, -0.2) is 0 Å². The second-order valence-corrected chi connectivity index (χ2v) is 6.07. The number of likely N-dealkylation sites (tertiary alicyclic amines) is 1. The van der Waals surface area contributed by atoms with Crippen LogP contribution >= 0.6 is 0 Å². The third-order valence-electron chi connectivity index (χ3n) is 4.59. The SMILES string of the molecule is O=c1ccc(CN2CC[C@H](c3c[nH]c4ccccc34)C2)c[nH]1. The standard InChI is InChI=1S/C18H19N3O/c22-18-6-5-13(9-20-18)11-21-8-7-14(12-21)16-10-19-17-4-2-1-3-15(16)17/h1-6,9-10,14,19H,7-8,11-12H2,(H,20,22)/t14-/m0/s1. The molecule has 112 valence electrons. The van der Waals surface area contributed by atoms with Crippen LogP contribution in [0.3, 0.4) is 0 Å². The van der Waals surface area contributed by atoms with Crippen molar-refractivity contribution >= 4 is 10.9 Å². The molecule has 1 aromatic carbocycles. The Labute approximate surface area is 128 Å². The van der Waals surface area contributed by atoms with Gasteiger partial charge in [-0.15, -0.1) is 0 Å². The van der Waals surface area contributed by atoms with Gasteiger partial charge in [0.25, 0.3) is 0 Å². The van der Waals surface area contributed by atoms with Crippen molar-refractivity contribution in [3.63, 3.8) is 0 Å². The van der Waals surface area contributed by atoms with Gasteiger partial charge in [0.05, 0.1) is 0 Å². The number of fused-ring (bicyclic) bond motifs is 1. The number of aromatic amines is 2. The van der Waals surface area contributed by atoms with Gasteiger partial charge < -0.3 is 9.97 Å². The van der Waals surface area contributed by atoms with Gasteiger partial charge in [-0.2, -0.15) is 0 Å². The lowest BCUT2D eigenvalue weighted by Crippen LogP contribution is -2.20. The van der Waals surface area contributed by atoms with Gasteiger partial charge in [0, 0.05) is 42.5 Å². The Hall–Kier alpha value is -2.33. The van der Waals surface area contributed by atoms with Crippen molar-refractivity contribution in [1.82, 2.24) is 14.9 Å². The number of H-pyrrole nitrogens is 2. The molecule has 0 saturated carbocycles. The fraction of sp³-hybridized carbons (Fsp3) is 0.278. The van der Waals surface area contributed by atoms with Crippen LogP contribution in [0.4, 0.5) is 0 Å². The fourth-order valence-electron chi connectivity index (χ4n) is 3.46. The second kappa shape index (κ2) is 5.46. The van der Waals surface area contributed by atoms with E-state index in [0.29, 0.717) is 5.92 Å². The van der Waals surface area contributed by atoms with E-state index in [0.717, 1.165) is 19.6 Å². The molecule has 1 atom stereocenters. The quantitative estimate of drug-likeness (QED) is 0.780. The summed E-state index contributed by atoms with van der Waals surface area (Å²) in [6.45, 7) is 3.07. The summed E-state index contributed by atoms with van der Waals surface area (Å²) in [6, 6.07) is 12.0. The maximum absolute atomic E-state index is 11.1. The zero-order valence-corrected chi connectivity index (χ0v) is 12.4. The molecule has 0 spiro atoms. The maximum atomic E-state index is 11.1. The van der Waals surface area contributed by atoms with Crippen LogP contribution in [0.15, 0.2) is 53.6 Å². The third kappa shape index (κ3) is 2.46. The van der Waals surface area contributed by atoms with Crippen LogP contribution < -0.4 is 5.56 Å². The Morgan fingerprint density at radius 3 is 2.86 bits per heavy atom. The fourth-order valence-corrected chi connectivity index (χ4v) is 3.46. The molecule has 1 saturated heterocycles. The Balaban J connectivity index is 1.50. The highest BCUT2D eigenvalue weighted by Gasteiger charge is 2.25. The molecule has 1 aliphatic rings. The minimum absolute atomic E-state index is 0.0400. The predicted octanol–water partition coefficient (Wildman–Crippen LogP) is 2.85. The summed E-state index contributed by atoms with van der Waals surface area (Å²) >= 11 is 0. The molecular formula is C18H19N3O. The highest BCUT2D eigenvalue weighted by atomic mass is 16.1. The number of hydrogen-bond acceptors (Lipinski definition) is 2. The van der Waals surface area contributed by atoms with E-state index < -0.39 is 0 Å². The number of nitrogens with one attached hydrogen (secondary N) is 2. The topological polar surface area (TPSA) is 51.9 Å². The summed E-state index contributed by atoms with van der Waals surface area (Å²) < 4.78 is 0. The van der Waals surface area contributed by atoms with Gasteiger partial charge >= 0.3 is 0 Å². The molecule has 4 nitrogen and oxygen atoms in total. The number of rotatable bonds is 3. The average molecular weight is 293 g/mol. The molecule has 3 aromatic rings. The number of aromatic nitrogens is 2. The van der Waals surface area contributed by atoms with E-state index in [1.54, 1.807) is 6.07 Å². The van der Waals surface area contributed by atoms with Crippen LogP contribution in [0.2, 0.25) is 0 Å². The zero-order chi connectivity index (χ0) is 14.9. The van der Waals surface area contributed by atoms with Gasteiger partial charge in [0.1, 0.15) is 0 Å². The van der Waals surface area contributed by atoms with E-state index in [4.69, 9.17) is 0 Å². The number of pyridine rings is 1. The molecule has 22 heavy (non-hydrogen) atoms. The molecule has 3 heterocycles. The summed E-state index contributed by atoms with van der Waals surface area (Å²) in [6.07, 6.45) is 5.17. The van der Waals surface area contributed by atoms with Crippen molar-refractivity contribution in [3.8, 4) is 0 Å². The molecule has 0 bridgehead atoms. The lowest BCUT2D eigenvalue weighted by atomic mass is 9.98. The third-order valence-corrected chi connectivity index (χ3v) is 4.59. The van der Waals surface area contributed by atoms with Crippen molar-refractivity contribution in [2.45, 2.75) is 18.9 Å². The van der Waals surface area contributed by atoms with Crippen LogP contribution in [0.5, 0.6) is 0 Å². The van der Waals surface area contributed by atoms with Crippen molar-refractivity contribution in [2.24, 2.45) is 0 Å². The molecule has 4 heteroatoms. The average Bonchev–Trinajstić information content (AvgIpc) is 3.16. The highest BCUT2D eigenvalue weighted by Crippen LogP contribution is 2.32. The molecule has 0 unspecified atom stereocenters. The Bertz CT molecular complexity index is 828. The van der Waals surface area contributed by atoms with Gasteiger partial charge in [-0.3, -0.25) is 9.69 Å².